The molecule has 0 saturated heterocycles. The Morgan fingerprint density at radius 3 is 2.78 bits per heavy atom. The second kappa shape index (κ2) is 7.62. The van der Waals surface area contributed by atoms with E-state index in [0.717, 1.165) is 0 Å². The number of primary amides is 1. The summed E-state index contributed by atoms with van der Waals surface area (Å²) in [5.41, 5.74) is 5.24. The molecule has 1 aromatic carbocycles. The van der Waals surface area contributed by atoms with Crippen molar-refractivity contribution >= 4 is 6.09 Å². The minimum absolute atomic E-state index is 0.126. The number of hydrogen-bond acceptors (Lipinski definition) is 4. The van der Waals surface area contributed by atoms with Crippen LogP contribution in [0.1, 0.15) is 18.1 Å². The number of nitrogens with two attached hydrogens (primary N) is 1. The zero-order valence-corrected chi connectivity index (χ0v) is 10.1. The number of amides is 1. The van der Waals surface area contributed by atoms with Crippen LogP contribution in [-0.4, -0.2) is 26.6 Å². The average molecular weight is 257 g/mol. The average Bonchev–Trinajstić information content (AvgIpc) is 2.33. The summed E-state index contributed by atoms with van der Waals surface area (Å²) in [7, 11) is 1.49. The molecular formula is C12H16FNO4. The van der Waals surface area contributed by atoms with Gasteiger partial charge in [0, 0.05) is 19.1 Å². The van der Waals surface area contributed by atoms with Gasteiger partial charge in [0.25, 0.3) is 0 Å². The highest BCUT2D eigenvalue weighted by Gasteiger charge is 2.18. The molecule has 0 unspecified atom stereocenters. The van der Waals surface area contributed by atoms with Crippen LogP contribution in [0.3, 0.4) is 0 Å². The molecule has 1 rings (SSSR count). The third-order valence-electron chi connectivity index (χ3n) is 2.24. The van der Waals surface area contributed by atoms with Gasteiger partial charge in [-0.15, -0.1) is 0 Å². The molecule has 0 saturated carbocycles. The molecule has 1 amide bonds. The van der Waals surface area contributed by atoms with Crippen LogP contribution in [0.4, 0.5) is 9.18 Å². The Morgan fingerprint density at radius 2 is 2.17 bits per heavy atom. The monoisotopic (exact) mass is 257 g/mol. The lowest BCUT2D eigenvalue weighted by Crippen LogP contribution is -2.19. The Morgan fingerprint density at radius 1 is 1.44 bits per heavy atom. The van der Waals surface area contributed by atoms with Crippen LogP contribution < -0.4 is 5.73 Å². The topological polar surface area (TPSA) is 70.8 Å². The molecule has 6 heteroatoms. The lowest BCUT2D eigenvalue weighted by Gasteiger charge is -2.17. The molecule has 18 heavy (non-hydrogen) atoms. The number of methoxy groups -OCH3 is 1. The number of hydrogen-bond donors (Lipinski definition) is 1. The van der Waals surface area contributed by atoms with Crippen molar-refractivity contribution in [2.75, 3.05) is 20.5 Å². The fourth-order valence-corrected chi connectivity index (χ4v) is 1.49. The van der Waals surface area contributed by atoms with Gasteiger partial charge in [0.15, 0.2) is 0 Å². The lowest BCUT2D eigenvalue weighted by atomic mass is 10.1. The molecule has 0 bridgehead atoms. The number of carbonyl (C=O) groups excluding carboxylic acids is 1. The van der Waals surface area contributed by atoms with E-state index >= 15 is 0 Å². The largest absolute Gasteiger partial charge is 0.441 e. The second-order valence-electron chi connectivity index (χ2n) is 3.55. The Labute approximate surface area is 105 Å². The molecule has 0 spiro atoms. The third kappa shape index (κ3) is 4.68. The predicted molar refractivity (Wildman–Crippen MR) is 62.3 cm³/mol. The first-order valence-corrected chi connectivity index (χ1v) is 5.42. The van der Waals surface area contributed by atoms with Gasteiger partial charge >= 0.3 is 6.09 Å². The zero-order chi connectivity index (χ0) is 13.4. The molecule has 0 aromatic heterocycles. The summed E-state index contributed by atoms with van der Waals surface area (Å²) in [6.07, 6.45) is -1.41. The first kappa shape index (κ1) is 14.4. The van der Waals surface area contributed by atoms with E-state index < -0.39 is 18.0 Å². The van der Waals surface area contributed by atoms with E-state index in [4.69, 9.17) is 19.9 Å². The lowest BCUT2D eigenvalue weighted by molar-refractivity contribution is -0.0409. The van der Waals surface area contributed by atoms with Crippen molar-refractivity contribution in [3.8, 4) is 0 Å². The first-order chi connectivity index (χ1) is 8.65. The van der Waals surface area contributed by atoms with Crippen molar-refractivity contribution in [1.29, 1.82) is 0 Å². The Hall–Kier alpha value is -1.66. The van der Waals surface area contributed by atoms with Crippen molar-refractivity contribution in [2.24, 2.45) is 5.73 Å². The maximum Gasteiger partial charge on any atom is 0.405 e. The Kier molecular flexibility index (Phi) is 6.10. The van der Waals surface area contributed by atoms with Gasteiger partial charge in [0.2, 0.25) is 0 Å². The minimum atomic E-state index is -0.949. The Bertz CT molecular complexity index is 386. The molecular weight excluding hydrogens is 241 g/mol. The number of halogens is 1. The first-order valence-electron chi connectivity index (χ1n) is 5.42. The smallest absolute Gasteiger partial charge is 0.405 e. The van der Waals surface area contributed by atoms with Crippen LogP contribution in [-0.2, 0) is 14.2 Å². The highest BCUT2D eigenvalue weighted by Crippen LogP contribution is 2.23. The summed E-state index contributed by atoms with van der Waals surface area (Å²) in [5.74, 6) is -0.449. The molecule has 100 valence electrons. The molecule has 0 heterocycles. The molecule has 0 radical (unpaired) electrons. The molecule has 2 N–H and O–H groups in total. The van der Waals surface area contributed by atoms with E-state index in [-0.39, 0.29) is 19.0 Å². The van der Waals surface area contributed by atoms with Crippen molar-refractivity contribution in [3.63, 3.8) is 0 Å². The summed E-state index contributed by atoms with van der Waals surface area (Å²) >= 11 is 0. The SMILES string of the molecule is COCOCC[C@H](OC(N)=O)c1ccccc1F. The highest BCUT2D eigenvalue weighted by molar-refractivity contribution is 5.65. The number of benzene rings is 1. The van der Waals surface area contributed by atoms with E-state index in [2.05, 4.69) is 0 Å². The molecule has 0 aliphatic heterocycles. The molecule has 1 aromatic rings. The second-order valence-corrected chi connectivity index (χ2v) is 3.55. The van der Waals surface area contributed by atoms with Crippen molar-refractivity contribution in [1.82, 2.24) is 0 Å². The molecule has 0 fully saturated rings. The summed E-state index contributed by atoms with van der Waals surface area (Å²) in [6, 6.07) is 6.05. The molecule has 1 atom stereocenters. The zero-order valence-electron chi connectivity index (χ0n) is 10.1. The number of carbonyl (C=O) groups is 1. The van der Waals surface area contributed by atoms with Gasteiger partial charge in [-0.2, -0.15) is 0 Å². The molecule has 5 nitrogen and oxygen atoms in total. The maximum absolute atomic E-state index is 13.6. The maximum atomic E-state index is 13.6. The van der Waals surface area contributed by atoms with Gasteiger partial charge in [-0.25, -0.2) is 9.18 Å². The van der Waals surface area contributed by atoms with E-state index in [1.807, 2.05) is 0 Å². The van der Waals surface area contributed by atoms with E-state index in [1.54, 1.807) is 18.2 Å². The fourth-order valence-electron chi connectivity index (χ4n) is 1.49. The van der Waals surface area contributed by atoms with Gasteiger partial charge in [-0.3, -0.25) is 0 Å². The molecule has 0 aliphatic carbocycles. The van der Waals surface area contributed by atoms with Crippen LogP contribution in [0.15, 0.2) is 24.3 Å². The fraction of sp³-hybridized carbons (Fsp3) is 0.417. The summed E-state index contributed by atoms with van der Waals surface area (Å²) in [6.45, 7) is 0.390. The van der Waals surface area contributed by atoms with Crippen LogP contribution >= 0.6 is 0 Å². The quantitative estimate of drug-likeness (QED) is 0.599. The van der Waals surface area contributed by atoms with E-state index in [1.165, 1.54) is 13.2 Å². The van der Waals surface area contributed by atoms with Gasteiger partial charge < -0.3 is 19.9 Å². The van der Waals surface area contributed by atoms with Crippen molar-refractivity contribution in [3.05, 3.63) is 35.6 Å². The highest BCUT2D eigenvalue weighted by atomic mass is 19.1. The van der Waals surface area contributed by atoms with E-state index in [0.29, 0.717) is 6.42 Å². The van der Waals surface area contributed by atoms with Crippen LogP contribution in [0, 0.1) is 5.82 Å². The van der Waals surface area contributed by atoms with Gasteiger partial charge in [-0.1, -0.05) is 18.2 Å². The van der Waals surface area contributed by atoms with Crippen LogP contribution in [0.5, 0.6) is 0 Å². The van der Waals surface area contributed by atoms with Crippen molar-refractivity contribution < 1.29 is 23.4 Å². The minimum Gasteiger partial charge on any atom is -0.441 e. The summed E-state index contributed by atoms with van der Waals surface area (Å²) < 4.78 is 28.2. The normalized spacial score (nSPS) is 12.1. The molecule has 0 aliphatic rings. The Balaban J connectivity index is 2.66. The summed E-state index contributed by atoms with van der Waals surface area (Å²) in [5, 5.41) is 0. The van der Waals surface area contributed by atoms with E-state index in [9.17, 15) is 9.18 Å². The number of ether oxygens (including phenoxy) is 3. The summed E-state index contributed by atoms with van der Waals surface area (Å²) in [4.78, 5) is 10.8. The van der Waals surface area contributed by atoms with Crippen molar-refractivity contribution in [2.45, 2.75) is 12.5 Å². The van der Waals surface area contributed by atoms with Crippen LogP contribution in [0.2, 0.25) is 0 Å². The third-order valence-corrected chi connectivity index (χ3v) is 2.24. The predicted octanol–water partition coefficient (Wildman–Crippen LogP) is 1.97. The number of rotatable bonds is 7. The standard InChI is InChI=1S/C12H16FNO4/c1-16-8-17-7-6-11(18-12(14)15)9-4-2-3-5-10(9)13/h2-5,11H,6-8H2,1H3,(H2,14,15)/t11-/m0/s1. The van der Waals surface area contributed by atoms with Gasteiger partial charge in [0.05, 0.1) is 6.61 Å². The van der Waals surface area contributed by atoms with Crippen LogP contribution in [0.25, 0.3) is 0 Å². The van der Waals surface area contributed by atoms with Gasteiger partial charge in [0.1, 0.15) is 18.7 Å². The van der Waals surface area contributed by atoms with Gasteiger partial charge in [-0.05, 0) is 6.07 Å².